The minimum Gasteiger partial charge on any atom is -0.397 e. The van der Waals surface area contributed by atoms with Crippen molar-refractivity contribution in [2.75, 3.05) is 18.9 Å². The second-order valence-corrected chi connectivity index (χ2v) is 4.65. The lowest BCUT2D eigenvalue weighted by Gasteiger charge is -2.14. The zero-order chi connectivity index (χ0) is 13.4. The van der Waals surface area contributed by atoms with E-state index in [-0.39, 0.29) is 19.1 Å². The number of aryl methyl sites for hydroxylation is 1. The fraction of sp³-hybridized carbons (Fsp3) is 0.643. The molecule has 0 unspecified atom stereocenters. The topological polar surface area (TPSA) is 79.4 Å². The predicted molar refractivity (Wildman–Crippen MR) is 73.4 cm³/mol. The maximum atomic E-state index is 9.19. The first-order valence-corrected chi connectivity index (χ1v) is 6.69. The van der Waals surface area contributed by atoms with Crippen molar-refractivity contribution in [3.63, 3.8) is 0 Å². The summed E-state index contributed by atoms with van der Waals surface area (Å²) in [6, 6.07) is 3.74. The zero-order valence-corrected chi connectivity index (χ0v) is 11.1. The summed E-state index contributed by atoms with van der Waals surface area (Å²) in [7, 11) is 0. The molecule has 0 aromatic carbocycles. The maximum Gasteiger partial charge on any atom is 0.0712 e. The lowest BCUT2D eigenvalue weighted by atomic mass is 10.0. The zero-order valence-electron chi connectivity index (χ0n) is 11.1. The van der Waals surface area contributed by atoms with Gasteiger partial charge in [0.15, 0.2) is 0 Å². The third-order valence-electron chi connectivity index (χ3n) is 3.13. The van der Waals surface area contributed by atoms with E-state index in [2.05, 4.69) is 11.9 Å². The van der Waals surface area contributed by atoms with Crippen molar-refractivity contribution in [1.82, 2.24) is 4.98 Å². The van der Waals surface area contributed by atoms with E-state index in [0.29, 0.717) is 11.4 Å². The van der Waals surface area contributed by atoms with E-state index in [0.717, 1.165) is 18.5 Å². The number of nitrogen functional groups attached to an aromatic ring is 1. The first kappa shape index (κ1) is 14.9. The van der Waals surface area contributed by atoms with E-state index in [1.54, 1.807) is 0 Å². The van der Waals surface area contributed by atoms with Gasteiger partial charge in [-0.1, -0.05) is 26.2 Å². The number of aromatic nitrogens is 1. The van der Waals surface area contributed by atoms with E-state index in [1.165, 1.54) is 19.3 Å². The summed E-state index contributed by atoms with van der Waals surface area (Å²) < 4.78 is 0. The summed E-state index contributed by atoms with van der Waals surface area (Å²) in [5, 5.41) is 18.4. The molecule has 0 aliphatic rings. The molecule has 0 fully saturated rings. The van der Waals surface area contributed by atoms with Crippen molar-refractivity contribution in [2.45, 2.75) is 44.9 Å². The Bertz CT molecular complexity index is 352. The molecule has 1 heterocycles. The van der Waals surface area contributed by atoms with Gasteiger partial charge >= 0.3 is 0 Å². The Morgan fingerprint density at radius 1 is 1.17 bits per heavy atom. The van der Waals surface area contributed by atoms with Gasteiger partial charge in [-0.25, -0.2) is 0 Å². The summed E-state index contributed by atoms with van der Waals surface area (Å²) in [6.45, 7) is 1.92. The van der Waals surface area contributed by atoms with Crippen LogP contribution in [-0.2, 0) is 6.42 Å². The molecule has 1 rings (SSSR count). The first-order valence-electron chi connectivity index (χ1n) is 6.69. The van der Waals surface area contributed by atoms with Gasteiger partial charge < -0.3 is 15.9 Å². The van der Waals surface area contributed by atoms with Crippen LogP contribution in [0.4, 0.5) is 5.69 Å². The van der Waals surface area contributed by atoms with Gasteiger partial charge in [0.1, 0.15) is 0 Å². The number of hydrogen-bond acceptors (Lipinski definition) is 4. The van der Waals surface area contributed by atoms with Gasteiger partial charge in [-0.15, -0.1) is 0 Å². The quantitative estimate of drug-likeness (QED) is 0.617. The molecule has 4 N–H and O–H groups in total. The van der Waals surface area contributed by atoms with Crippen molar-refractivity contribution >= 4 is 5.69 Å². The summed E-state index contributed by atoms with van der Waals surface area (Å²) in [5.74, 6) is -0.374. The molecule has 4 nitrogen and oxygen atoms in total. The second kappa shape index (κ2) is 8.06. The van der Waals surface area contributed by atoms with Crippen LogP contribution in [0.1, 0.15) is 49.9 Å². The average molecular weight is 252 g/mol. The van der Waals surface area contributed by atoms with Crippen LogP contribution < -0.4 is 5.73 Å². The number of hydrogen-bond donors (Lipinski definition) is 3. The number of nitrogens with zero attached hydrogens (tertiary/aromatic N) is 1. The number of nitrogens with two attached hydrogens (primary N) is 1. The average Bonchev–Trinajstić information content (AvgIpc) is 2.39. The minimum atomic E-state index is -0.374. The summed E-state index contributed by atoms with van der Waals surface area (Å²) in [5.41, 5.74) is 7.98. The molecule has 0 aliphatic heterocycles. The molecule has 0 spiro atoms. The van der Waals surface area contributed by atoms with E-state index in [4.69, 9.17) is 5.73 Å². The minimum absolute atomic E-state index is 0.132. The van der Waals surface area contributed by atoms with Gasteiger partial charge in [0.2, 0.25) is 0 Å². The molecule has 0 saturated heterocycles. The van der Waals surface area contributed by atoms with Crippen LogP contribution in [0.25, 0.3) is 0 Å². The van der Waals surface area contributed by atoms with Crippen LogP contribution in [0.5, 0.6) is 0 Å². The fourth-order valence-electron chi connectivity index (χ4n) is 1.96. The Morgan fingerprint density at radius 3 is 2.50 bits per heavy atom. The highest BCUT2D eigenvalue weighted by Crippen LogP contribution is 2.20. The highest BCUT2D eigenvalue weighted by Gasteiger charge is 2.14. The summed E-state index contributed by atoms with van der Waals surface area (Å²) in [4.78, 5) is 4.47. The molecule has 0 radical (unpaired) electrons. The van der Waals surface area contributed by atoms with Gasteiger partial charge in [-0.3, -0.25) is 4.98 Å². The van der Waals surface area contributed by atoms with Crippen molar-refractivity contribution in [2.24, 2.45) is 0 Å². The SMILES string of the molecule is CCCCCCc1ccc(N)c(C(CO)CO)n1. The summed E-state index contributed by atoms with van der Waals surface area (Å²) in [6.07, 6.45) is 5.72. The molecule has 4 heteroatoms. The number of pyridine rings is 1. The number of aliphatic hydroxyl groups is 2. The van der Waals surface area contributed by atoms with Crippen molar-refractivity contribution in [1.29, 1.82) is 0 Å². The molecule has 1 aromatic rings. The van der Waals surface area contributed by atoms with Gasteiger partial charge in [-0.05, 0) is 25.0 Å². The van der Waals surface area contributed by atoms with Gasteiger partial charge in [0.25, 0.3) is 0 Å². The number of anilines is 1. The van der Waals surface area contributed by atoms with Gasteiger partial charge in [-0.2, -0.15) is 0 Å². The van der Waals surface area contributed by atoms with Crippen molar-refractivity contribution < 1.29 is 10.2 Å². The normalized spacial score (nSPS) is 11.1. The largest absolute Gasteiger partial charge is 0.397 e. The van der Waals surface area contributed by atoms with Crippen LogP contribution in [0, 0.1) is 0 Å². The van der Waals surface area contributed by atoms with Crippen LogP contribution >= 0.6 is 0 Å². The third kappa shape index (κ3) is 4.27. The smallest absolute Gasteiger partial charge is 0.0712 e. The Balaban J connectivity index is 2.68. The van der Waals surface area contributed by atoms with Crippen LogP contribution in [0.2, 0.25) is 0 Å². The van der Waals surface area contributed by atoms with Gasteiger partial charge in [0, 0.05) is 11.6 Å². The van der Waals surface area contributed by atoms with Gasteiger partial charge in [0.05, 0.1) is 24.6 Å². The van der Waals surface area contributed by atoms with Crippen molar-refractivity contribution in [3.05, 3.63) is 23.5 Å². The molecule has 0 amide bonds. The first-order chi connectivity index (χ1) is 8.72. The van der Waals surface area contributed by atoms with E-state index >= 15 is 0 Å². The fourth-order valence-corrected chi connectivity index (χ4v) is 1.96. The molecule has 0 saturated carbocycles. The highest BCUT2D eigenvalue weighted by molar-refractivity contribution is 5.45. The molecule has 0 bridgehead atoms. The Hall–Kier alpha value is -1.13. The summed E-state index contributed by atoms with van der Waals surface area (Å²) >= 11 is 0. The molecule has 0 aliphatic carbocycles. The Labute approximate surface area is 109 Å². The molecule has 0 atom stereocenters. The third-order valence-corrected chi connectivity index (χ3v) is 3.13. The maximum absolute atomic E-state index is 9.19. The number of unbranched alkanes of at least 4 members (excludes halogenated alkanes) is 3. The molecular formula is C14H24N2O2. The van der Waals surface area contributed by atoms with Crippen molar-refractivity contribution in [3.8, 4) is 0 Å². The Kier molecular flexibility index (Phi) is 6.68. The van der Waals surface area contributed by atoms with E-state index in [1.807, 2.05) is 12.1 Å². The highest BCUT2D eigenvalue weighted by atomic mass is 16.3. The van der Waals surface area contributed by atoms with Crippen LogP contribution in [0.15, 0.2) is 12.1 Å². The van der Waals surface area contributed by atoms with E-state index < -0.39 is 0 Å². The number of aliphatic hydroxyl groups excluding tert-OH is 2. The Morgan fingerprint density at radius 2 is 1.89 bits per heavy atom. The van der Waals surface area contributed by atoms with E-state index in [9.17, 15) is 10.2 Å². The lowest BCUT2D eigenvalue weighted by molar-refractivity contribution is 0.190. The standard InChI is InChI=1S/C14H24N2O2/c1-2-3-4-5-6-12-7-8-13(15)14(16-12)11(9-17)10-18/h7-8,11,17-18H,2-6,9-10,15H2,1H3. The molecule has 1 aromatic heterocycles. The molecule has 102 valence electrons. The molecular weight excluding hydrogens is 228 g/mol. The predicted octanol–water partition coefficient (Wildman–Crippen LogP) is 1.85. The molecule has 18 heavy (non-hydrogen) atoms. The lowest BCUT2D eigenvalue weighted by Crippen LogP contribution is -2.14. The van der Waals surface area contributed by atoms with Crippen LogP contribution in [0.3, 0.4) is 0 Å². The second-order valence-electron chi connectivity index (χ2n) is 4.65. The number of rotatable bonds is 8. The monoisotopic (exact) mass is 252 g/mol. The van der Waals surface area contributed by atoms with Crippen LogP contribution in [-0.4, -0.2) is 28.4 Å².